The van der Waals surface area contributed by atoms with Crippen LogP contribution in [0.3, 0.4) is 0 Å². The summed E-state index contributed by atoms with van der Waals surface area (Å²) in [6.07, 6.45) is 7.61. The Morgan fingerprint density at radius 2 is 1.91 bits per heavy atom. The Labute approximate surface area is 197 Å². The Kier molecular flexibility index (Phi) is 8.53. The third-order valence-electron chi connectivity index (χ3n) is 5.24. The van der Waals surface area contributed by atoms with Crippen molar-refractivity contribution < 1.29 is 18.7 Å². The summed E-state index contributed by atoms with van der Waals surface area (Å²) in [5.74, 6) is 0.231. The highest BCUT2D eigenvalue weighted by Gasteiger charge is 2.18. The van der Waals surface area contributed by atoms with Crippen LogP contribution in [0.5, 0.6) is 11.5 Å². The minimum absolute atomic E-state index is 0.0103. The van der Waals surface area contributed by atoms with Crippen LogP contribution in [0, 0.1) is 11.7 Å². The second kappa shape index (κ2) is 11.6. The summed E-state index contributed by atoms with van der Waals surface area (Å²) < 4.78 is 20.2. The van der Waals surface area contributed by atoms with Gasteiger partial charge in [-0.3, -0.25) is 10.1 Å². The highest BCUT2D eigenvalue weighted by atomic mass is 32.1. The highest BCUT2D eigenvalue weighted by molar-refractivity contribution is 7.80. The number of thiocarbonyl (C=S) groups is 1. The Morgan fingerprint density at radius 3 is 2.61 bits per heavy atom. The predicted molar refractivity (Wildman–Crippen MR) is 129 cm³/mol. The van der Waals surface area contributed by atoms with Crippen molar-refractivity contribution >= 4 is 40.8 Å². The van der Waals surface area contributed by atoms with Gasteiger partial charge in [0.2, 0.25) is 5.91 Å². The van der Waals surface area contributed by atoms with Crippen LogP contribution in [-0.2, 0) is 4.79 Å². The van der Waals surface area contributed by atoms with Crippen LogP contribution in [0.15, 0.2) is 36.5 Å². The molecule has 10 heteroatoms. The molecule has 1 aromatic heterocycles. The molecule has 1 fully saturated rings. The molecule has 0 bridgehead atoms. The Hall–Kier alpha value is -3.27. The monoisotopic (exact) mass is 473 g/mol. The summed E-state index contributed by atoms with van der Waals surface area (Å²) in [6, 6.07) is 6.96. The van der Waals surface area contributed by atoms with Gasteiger partial charge in [-0.05, 0) is 49.2 Å². The molecule has 2 aromatic rings. The lowest BCUT2D eigenvalue weighted by molar-refractivity contribution is -0.120. The minimum Gasteiger partial charge on any atom is -0.454 e. The number of nitrogens with one attached hydrogen (secondary N) is 3. The zero-order chi connectivity index (χ0) is 23.8. The van der Waals surface area contributed by atoms with E-state index in [9.17, 15) is 14.0 Å². The van der Waals surface area contributed by atoms with Crippen molar-refractivity contribution in [2.24, 2.45) is 5.92 Å². The number of hydrogen-bond donors (Lipinski definition) is 3. The van der Waals surface area contributed by atoms with E-state index in [-0.39, 0.29) is 28.6 Å². The fourth-order valence-corrected chi connectivity index (χ4v) is 3.78. The molecular weight excluding hydrogens is 445 g/mol. The first-order chi connectivity index (χ1) is 15.8. The molecule has 0 saturated heterocycles. The third-order valence-corrected chi connectivity index (χ3v) is 5.45. The number of carbonyl (C=O) groups excluding carboxylic acids is 2. The molecule has 1 aliphatic carbocycles. The molecule has 176 valence electrons. The second-order valence-electron chi connectivity index (χ2n) is 8.16. The van der Waals surface area contributed by atoms with Gasteiger partial charge in [0.25, 0.3) is 0 Å². The van der Waals surface area contributed by atoms with Crippen molar-refractivity contribution in [3.63, 3.8) is 0 Å². The van der Waals surface area contributed by atoms with Gasteiger partial charge in [-0.25, -0.2) is 14.2 Å². The molecule has 3 rings (SSSR count). The molecule has 0 spiro atoms. The predicted octanol–water partition coefficient (Wildman–Crippen LogP) is 4.89. The van der Waals surface area contributed by atoms with E-state index in [1.807, 2.05) is 0 Å². The Bertz CT molecular complexity index is 1010. The summed E-state index contributed by atoms with van der Waals surface area (Å²) in [5, 5.41) is 8.21. The molecule has 0 radical (unpaired) electrons. The van der Waals surface area contributed by atoms with Crippen LogP contribution in [-0.4, -0.2) is 41.0 Å². The Balaban J connectivity index is 1.54. The van der Waals surface area contributed by atoms with E-state index in [1.54, 1.807) is 26.2 Å². The van der Waals surface area contributed by atoms with Crippen molar-refractivity contribution in [3.05, 3.63) is 42.3 Å². The standard InChI is InChI=1S/C23H28FN5O3S/c1-29(2)23(31)27-20-14-17(10-11-25-20)32-19-9-8-16(13-18(19)24)26-22(33)28-21(30)12-15-6-4-3-5-7-15/h8-11,13-15H,3-7,12H2,1-2H3,(H,25,27,31)(H2,26,28,30,33). The van der Waals surface area contributed by atoms with E-state index in [0.29, 0.717) is 23.8 Å². The van der Waals surface area contributed by atoms with Crippen LogP contribution in [0.2, 0.25) is 0 Å². The summed E-state index contributed by atoms with van der Waals surface area (Å²) in [6.45, 7) is 0. The van der Waals surface area contributed by atoms with Crippen LogP contribution < -0.4 is 20.7 Å². The number of halogens is 1. The molecule has 8 nitrogen and oxygen atoms in total. The van der Waals surface area contributed by atoms with Gasteiger partial charge in [0.05, 0.1) is 0 Å². The maximum atomic E-state index is 14.6. The lowest BCUT2D eigenvalue weighted by Crippen LogP contribution is -2.35. The number of pyridine rings is 1. The summed E-state index contributed by atoms with van der Waals surface area (Å²) >= 11 is 5.19. The number of ether oxygens (including phenoxy) is 1. The van der Waals surface area contributed by atoms with Crippen LogP contribution >= 0.6 is 12.2 Å². The molecule has 3 N–H and O–H groups in total. The van der Waals surface area contributed by atoms with Crippen LogP contribution in [0.4, 0.5) is 20.7 Å². The lowest BCUT2D eigenvalue weighted by Gasteiger charge is -2.21. The number of urea groups is 1. The smallest absolute Gasteiger partial charge is 0.322 e. The van der Waals surface area contributed by atoms with E-state index < -0.39 is 5.82 Å². The third kappa shape index (κ3) is 7.67. The number of hydrogen-bond acceptors (Lipinski definition) is 5. The highest BCUT2D eigenvalue weighted by Crippen LogP contribution is 2.28. The van der Waals surface area contributed by atoms with Crippen molar-refractivity contribution in [1.29, 1.82) is 0 Å². The van der Waals surface area contributed by atoms with Gasteiger partial charge in [-0.2, -0.15) is 0 Å². The van der Waals surface area contributed by atoms with E-state index in [1.165, 1.54) is 48.6 Å². The molecule has 1 saturated carbocycles. The first-order valence-electron chi connectivity index (χ1n) is 10.8. The van der Waals surface area contributed by atoms with E-state index >= 15 is 0 Å². The number of benzene rings is 1. The lowest BCUT2D eigenvalue weighted by atomic mass is 9.87. The molecule has 1 aromatic carbocycles. The largest absolute Gasteiger partial charge is 0.454 e. The molecule has 0 unspecified atom stereocenters. The van der Waals surface area contributed by atoms with Crippen molar-refractivity contribution in [2.75, 3.05) is 24.7 Å². The first-order valence-corrected chi connectivity index (χ1v) is 11.2. The molecule has 0 atom stereocenters. The van der Waals surface area contributed by atoms with E-state index in [2.05, 4.69) is 20.9 Å². The fourth-order valence-electron chi connectivity index (χ4n) is 3.55. The van der Waals surface area contributed by atoms with Gasteiger partial charge in [0.1, 0.15) is 11.6 Å². The zero-order valence-electron chi connectivity index (χ0n) is 18.7. The van der Waals surface area contributed by atoms with Crippen molar-refractivity contribution in [1.82, 2.24) is 15.2 Å². The van der Waals surface area contributed by atoms with Gasteiger partial charge < -0.3 is 20.3 Å². The number of rotatable bonds is 6. The summed E-state index contributed by atoms with van der Waals surface area (Å²) in [5.41, 5.74) is 0.386. The summed E-state index contributed by atoms with van der Waals surface area (Å²) in [7, 11) is 3.21. The SMILES string of the molecule is CN(C)C(=O)Nc1cc(Oc2ccc(NC(=S)NC(=O)CC3CCCCC3)cc2F)ccn1. The van der Waals surface area contributed by atoms with Gasteiger partial charge in [-0.1, -0.05) is 19.3 Å². The Morgan fingerprint density at radius 1 is 1.15 bits per heavy atom. The topological polar surface area (TPSA) is 95.6 Å². The molecule has 0 aliphatic heterocycles. The number of amides is 3. The number of anilines is 2. The minimum atomic E-state index is -0.618. The maximum Gasteiger partial charge on any atom is 0.322 e. The van der Waals surface area contributed by atoms with Gasteiger partial charge in [0.15, 0.2) is 16.7 Å². The second-order valence-corrected chi connectivity index (χ2v) is 8.57. The molecule has 1 aliphatic rings. The molecular formula is C23H28FN5O3S. The average molecular weight is 474 g/mol. The zero-order valence-corrected chi connectivity index (χ0v) is 19.5. The van der Waals surface area contributed by atoms with Crippen LogP contribution in [0.1, 0.15) is 38.5 Å². The normalized spacial score (nSPS) is 13.7. The summed E-state index contributed by atoms with van der Waals surface area (Å²) in [4.78, 5) is 29.4. The number of carbonyl (C=O) groups is 2. The average Bonchev–Trinajstić information content (AvgIpc) is 2.76. The van der Waals surface area contributed by atoms with Crippen LogP contribution in [0.25, 0.3) is 0 Å². The number of nitrogens with zero attached hydrogens (tertiary/aromatic N) is 2. The van der Waals surface area contributed by atoms with Gasteiger partial charge in [-0.15, -0.1) is 0 Å². The molecule has 3 amide bonds. The molecule has 1 heterocycles. The van der Waals surface area contributed by atoms with Crippen molar-refractivity contribution in [3.8, 4) is 11.5 Å². The first kappa shape index (κ1) is 24.4. The quantitative estimate of drug-likeness (QED) is 0.517. The maximum absolute atomic E-state index is 14.6. The van der Waals surface area contributed by atoms with Crippen molar-refractivity contribution in [2.45, 2.75) is 38.5 Å². The fraction of sp³-hybridized carbons (Fsp3) is 0.391. The van der Waals surface area contributed by atoms with E-state index in [4.69, 9.17) is 17.0 Å². The van der Waals surface area contributed by atoms with E-state index in [0.717, 1.165) is 12.8 Å². The van der Waals surface area contributed by atoms with Gasteiger partial charge in [0, 0.05) is 44.5 Å². The molecule has 33 heavy (non-hydrogen) atoms. The number of aromatic nitrogens is 1. The van der Waals surface area contributed by atoms with Gasteiger partial charge >= 0.3 is 6.03 Å².